The molecule has 0 fully saturated rings. The molecule has 1 amide bonds. The minimum absolute atomic E-state index is 0.324. The van der Waals surface area contributed by atoms with Crippen LogP contribution in [0.5, 0.6) is 0 Å². The Morgan fingerprint density at radius 2 is 1.95 bits per heavy atom. The van der Waals surface area contributed by atoms with E-state index >= 15 is 0 Å². The van der Waals surface area contributed by atoms with Crippen molar-refractivity contribution in [1.29, 1.82) is 0 Å². The Kier molecular flexibility index (Phi) is 4.32. The molecular formula is C14H19BrN2O4. The number of hydrogen-bond donors (Lipinski definition) is 0. The Hall–Kier alpha value is -1.50. The molecule has 0 aromatic carbocycles. The molecule has 0 N–H and O–H groups in total. The van der Waals surface area contributed by atoms with Gasteiger partial charge in [-0.1, -0.05) is 0 Å². The van der Waals surface area contributed by atoms with E-state index in [0.717, 1.165) is 10.3 Å². The summed E-state index contributed by atoms with van der Waals surface area (Å²) < 4.78 is 12.9. The van der Waals surface area contributed by atoms with Crippen molar-refractivity contribution in [2.45, 2.75) is 39.5 Å². The number of methoxy groups -OCH3 is 1. The summed E-state index contributed by atoms with van der Waals surface area (Å²) in [6, 6.07) is 1.72. The van der Waals surface area contributed by atoms with Gasteiger partial charge in [-0.15, -0.1) is 0 Å². The molecule has 6 nitrogen and oxygen atoms in total. The fourth-order valence-electron chi connectivity index (χ4n) is 2.22. The van der Waals surface area contributed by atoms with Crippen LogP contribution < -0.4 is 0 Å². The summed E-state index contributed by atoms with van der Waals surface area (Å²) in [5.41, 5.74) is 0.686. The van der Waals surface area contributed by atoms with Crippen LogP contribution in [-0.2, 0) is 22.6 Å². The van der Waals surface area contributed by atoms with Crippen LogP contribution in [-0.4, -0.2) is 40.8 Å². The predicted molar refractivity (Wildman–Crippen MR) is 80.1 cm³/mol. The Morgan fingerprint density at radius 1 is 1.29 bits per heavy atom. The monoisotopic (exact) mass is 358 g/mol. The summed E-state index contributed by atoms with van der Waals surface area (Å²) in [4.78, 5) is 25.6. The molecule has 0 saturated carbocycles. The van der Waals surface area contributed by atoms with Crippen molar-refractivity contribution in [2.24, 2.45) is 0 Å². The molecule has 0 radical (unpaired) electrons. The summed E-state index contributed by atoms with van der Waals surface area (Å²) >= 11 is 3.43. The number of carbonyl (C=O) groups is 2. The molecule has 1 aromatic rings. The highest BCUT2D eigenvalue weighted by molar-refractivity contribution is 9.10. The highest BCUT2D eigenvalue weighted by Crippen LogP contribution is 2.27. The number of nitrogens with zero attached hydrogens (tertiary/aromatic N) is 2. The molecule has 1 aliphatic heterocycles. The molecule has 0 atom stereocenters. The van der Waals surface area contributed by atoms with Crippen molar-refractivity contribution in [2.75, 3.05) is 13.7 Å². The minimum Gasteiger partial charge on any atom is -0.465 e. The highest BCUT2D eigenvalue weighted by atomic mass is 79.9. The Balaban J connectivity index is 2.23. The molecule has 7 heteroatoms. The first-order valence-corrected chi connectivity index (χ1v) is 7.46. The molecule has 0 unspecified atom stereocenters. The van der Waals surface area contributed by atoms with Crippen molar-refractivity contribution >= 4 is 28.0 Å². The molecule has 0 bridgehead atoms. The van der Waals surface area contributed by atoms with Gasteiger partial charge < -0.3 is 18.9 Å². The van der Waals surface area contributed by atoms with Crippen LogP contribution in [0.4, 0.5) is 4.79 Å². The lowest BCUT2D eigenvalue weighted by Gasteiger charge is -2.31. The van der Waals surface area contributed by atoms with Crippen LogP contribution in [0.3, 0.4) is 0 Å². The second kappa shape index (κ2) is 5.71. The quantitative estimate of drug-likeness (QED) is 0.724. The third kappa shape index (κ3) is 3.40. The van der Waals surface area contributed by atoms with Crippen LogP contribution in [0.1, 0.15) is 36.8 Å². The number of fused-ring (bicyclic) bond motifs is 1. The van der Waals surface area contributed by atoms with E-state index in [2.05, 4.69) is 15.9 Å². The zero-order valence-corrected chi connectivity index (χ0v) is 14.2. The maximum absolute atomic E-state index is 12.1. The normalized spacial score (nSPS) is 14.6. The molecule has 21 heavy (non-hydrogen) atoms. The number of rotatable bonds is 1. The van der Waals surface area contributed by atoms with Gasteiger partial charge in [0.1, 0.15) is 5.60 Å². The highest BCUT2D eigenvalue weighted by Gasteiger charge is 2.30. The largest absolute Gasteiger partial charge is 0.465 e. The first kappa shape index (κ1) is 15.9. The molecule has 2 rings (SSSR count). The van der Waals surface area contributed by atoms with Gasteiger partial charge in [0, 0.05) is 13.1 Å². The van der Waals surface area contributed by atoms with Crippen LogP contribution >= 0.6 is 15.9 Å². The van der Waals surface area contributed by atoms with Crippen molar-refractivity contribution in [1.82, 2.24) is 9.47 Å². The van der Waals surface area contributed by atoms with E-state index in [0.29, 0.717) is 25.2 Å². The van der Waals surface area contributed by atoms with E-state index in [1.807, 2.05) is 25.3 Å². The lowest BCUT2D eigenvalue weighted by molar-refractivity contribution is 0.0195. The molecular weight excluding hydrogens is 340 g/mol. The zero-order valence-electron chi connectivity index (χ0n) is 12.6. The second-order valence-corrected chi connectivity index (χ2v) is 6.69. The Morgan fingerprint density at radius 3 is 2.52 bits per heavy atom. The van der Waals surface area contributed by atoms with Gasteiger partial charge in [0.05, 0.1) is 29.5 Å². The topological polar surface area (TPSA) is 60.8 Å². The lowest BCUT2D eigenvalue weighted by atomic mass is 10.2. The van der Waals surface area contributed by atoms with Gasteiger partial charge in [-0.2, -0.15) is 0 Å². The lowest BCUT2D eigenvalue weighted by Crippen LogP contribution is -2.41. The standard InChI is InChI=1S/C14H19BrN2O4/c1-14(2,3)21-13(19)16-5-6-17-10(8-16)9(7-11(17)15)12(18)20-4/h7H,5-6,8H2,1-4H3. The smallest absolute Gasteiger partial charge is 0.410 e. The van der Waals surface area contributed by atoms with Crippen molar-refractivity contribution in [3.63, 3.8) is 0 Å². The number of ether oxygens (including phenoxy) is 2. The Labute approximate surface area is 132 Å². The number of esters is 1. The summed E-state index contributed by atoms with van der Waals surface area (Å²) in [6.07, 6.45) is -0.373. The van der Waals surface area contributed by atoms with Crippen molar-refractivity contribution < 1.29 is 19.1 Å². The van der Waals surface area contributed by atoms with Gasteiger partial charge in [0.15, 0.2) is 0 Å². The van der Waals surface area contributed by atoms with Gasteiger partial charge in [-0.05, 0) is 42.8 Å². The van der Waals surface area contributed by atoms with E-state index in [1.54, 1.807) is 11.0 Å². The van der Waals surface area contributed by atoms with Gasteiger partial charge in [-0.25, -0.2) is 9.59 Å². The first-order valence-electron chi connectivity index (χ1n) is 6.67. The van der Waals surface area contributed by atoms with E-state index in [9.17, 15) is 9.59 Å². The summed E-state index contributed by atoms with van der Waals surface area (Å²) in [5.74, 6) is -0.407. The number of halogens is 1. The Bertz CT molecular complexity index is 574. The van der Waals surface area contributed by atoms with Crippen LogP contribution in [0.2, 0.25) is 0 Å². The molecule has 0 spiro atoms. The van der Waals surface area contributed by atoms with Gasteiger partial charge >= 0.3 is 12.1 Å². The van der Waals surface area contributed by atoms with Crippen molar-refractivity contribution in [3.8, 4) is 0 Å². The average Bonchev–Trinajstić information content (AvgIpc) is 2.73. The maximum Gasteiger partial charge on any atom is 0.410 e. The summed E-state index contributed by atoms with van der Waals surface area (Å²) in [5, 5.41) is 0. The number of hydrogen-bond acceptors (Lipinski definition) is 4. The third-order valence-corrected chi connectivity index (χ3v) is 3.81. The van der Waals surface area contributed by atoms with Gasteiger partial charge in [-0.3, -0.25) is 0 Å². The molecule has 1 aromatic heterocycles. The molecule has 1 aliphatic rings. The van der Waals surface area contributed by atoms with E-state index in [4.69, 9.17) is 9.47 Å². The SMILES string of the molecule is COC(=O)c1cc(Br)n2c1CN(C(=O)OC(C)(C)C)CC2. The summed E-state index contributed by atoms with van der Waals surface area (Å²) in [7, 11) is 1.34. The number of amides is 1. The second-order valence-electron chi connectivity index (χ2n) is 5.87. The summed E-state index contributed by atoms with van der Waals surface area (Å²) in [6.45, 7) is 6.95. The number of carbonyl (C=O) groups excluding carboxylic acids is 2. The van der Waals surface area contributed by atoms with Crippen molar-refractivity contribution in [3.05, 3.63) is 21.9 Å². The molecule has 0 saturated heterocycles. The van der Waals surface area contributed by atoms with Crippen LogP contribution in [0.15, 0.2) is 10.7 Å². The van der Waals surface area contributed by atoms with Gasteiger partial charge in [0.2, 0.25) is 0 Å². The molecule has 116 valence electrons. The molecule has 2 heterocycles. The zero-order chi connectivity index (χ0) is 15.8. The third-order valence-electron chi connectivity index (χ3n) is 3.15. The van der Waals surface area contributed by atoms with E-state index in [-0.39, 0.29) is 6.09 Å². The van der Waals surface area contributed by atoms with E-state index < -0.39 is 11.6 Å². The van der Waals surface area contributed by atoms with Crippen LogP contribution in [0.25, 0.3) is 0 Å². The number of aromatic nitrogens is 1. The molecule has 0 aliphatic carbocycles. The van der Waals surface area contributed by atoms with E-state index in [1.165, 1.54) is 7.11 Å². The van der Waals surface area contributed by atoms with Crippen LogP contribution in [0, 0.1) is 0 Å². The fraction of sp³-hybridized carbons (Fsp3) is 0.571. The maximum atomic E-state index is 12.1. The average molecular weight is 359 g/mol. The van der Waals surface area contributed by atoms with Gasteiger partial charge in [0.25, 0.3) is 0 Å². The fourth-order valence-corrected chi connectivity index (χ4v) is 2.84. The first-order chi connectivity index (χ1) is 9.73. The predicted octanol–water partition coefficient (Wildman–Crippen LogP) is 2.79. The minimum atomic E-state index is -0.539.